The smallest absolute Gasteiger partial charge is 0.456 e. The summed E-state index contributed by atoms with van der Waals surface area (Å²) in [7, 11) is -1.52. The monoisotopic (exact) mass is 1350 g/mol. The van der Waals surface area contributed by atoms with E-state index in [4.69, 9.17) is 26.5 Å². The highest BCUT2D eigenvalue weighted by atomic mass is 79.9. The number of furan rings is 6. The number of hydrogen-bond acceptors (Lipinski definition) is 8. The second kappa shape index (κ2) is 22.8. The molecule has 6 heterocycles. The van der Waals surface area contributed by atoms with E-state index in [1.807, 2.05) is 72.8 Å². The fourth-order valence-corrected chi connectivity index (χ4v) is 14.5. The highest BCUT2D eigenvalue weighted by Gasteiger charge is 2.21. The van der Waals surface area contributed by atoms with Crippen molar-refractivity contribution < 1.29 is 36.6 Å². The van der Waals surface area contributed by atoms with Crippen molar-refractivity contribution in [3.63, 3.8) is 0 Å². The molecule has 95 heavy (non-hydrogen) atoms. The van der Waals surface area contributed by atoms with Gasteiger partial charge in [-0.2, -0.15) is 0 Å². The number of rotatable bonds is 6. The van der Waals surface area contributed by atoms with Crippen molar-refractivity contribution in [1.82, 2.24) is 0 Å². The quantitative estimate of drug-likeness (QED) is 0.158. The van der Waals surface area contributed by atoms with Crippen LogP contribution >= 0.6 is 31.9 Å². The molecule has 0 fully saturated rings. The lowest BCUT2D eigenvalue weighted by Gasteiger charge is -2.07. The summed E-state index contributed by atoms with van der Waals surface area (Å²) in [5, 5.41) is 31.2. The Kier molecular flexibility index (Phi) is 13.6. The van der Waals surface area contributed by atoms with Crippen molar-refractivity contribution in [3.8, 4) is 55.6 Å². The summed E-state index contributed by atoms with van der Waals surface area (Å²) in [4.78, 5) is 0. The van der Waals surface area contributed by atoms with Crippen LogP contribution in [-0.2, 0) is 0 Å². The first-order valence-corrected chi connectivity index (χ1v) is 32.7. The minimum Gasteiger partial charge on any atom is -0.456 e. The van der Waals surface area contributed by atoms with E-state index in [-0.39, 0.29) is 0 Å². The molecule has 0 radical (unpaired) electrons. The minimum atomic E-state index is -1.52. The molecule has 11 heteroatoms. The van der Waals surface area contributed by atoms with E-state index >= 15 is 0 Å². The Balaban J connectivity index is 0.000000147. The molecule has 6 aromatic heterocycles. The van der Waals surface area contributed by atoms with Crippen molar-refractivity contribution in [2.75, 3.05) is 0 Å². The predicted octanol–water partition coefficient (Wildman–Crippen LogP) is 24.0. The zero-order chi connectivity index (χ0) is 63.4. The van der Waals surface area contributed by atoms with Crippen molar-refractivity contribution in [1.29, 1.82) is 0 Å². The van der Waals surface area contributed by atoms with Gasteiger partial charge in [-0.15, -0.1) is 0 Å². The lowest BCUT2D eigenvalue weighted by Crippen LogP contribution is -2.29. The third-order valence-corrected chi connectivity index (χ3v) is 19.1. The van der Waals surface area contributed by atoms with E-state index in [1.54, 1.807) is 18.2 Å². The van der Waals surface area contributed by atoms with E-state index in [1.165, 1.54) is 11.1 Å². The maximum absolute atomic E-state index is 9.49. The van der Waals surface area contributed by atoms with Gasteiger partial charge in [-0.25, -0.2) is 0 Å². The third kappa shape index (κ3) is 10.2. The van der Waals surface area contributed by atoms with E-state index in [0.717, 1.165) is 180 Å². The summed E-state index contributed by atoms with van der Waals surface area (Å²) in [5.41, 5.74) is 21.7. The molecule has 0 amide bonds. The summed E-state index contributed by atoms with van der Waals surface area (Å²) in [6.45, 7) is 0. The van der Waals surface area contributed by atoms with Gasteiger partial charge in [-0.3, -0.25) is 0 Å². The minimum absolute atomic E-state index is 0.428. The molecule has 0 saturated heterocycles. The van der Waals surface area contributed by atoms with Crippen molar-refractivity contribution in [2.45, 2.75) is 0 Å². The van der Waals surface area contributed by atoms with Gasteiger partial charge in [0.15, 0.2) is 0 Å². The average molecular weight is 1360 g/mol. The Morgan fingerprint density at radius 3 is 0.695 bits per heavy atom. The van der Waals surface area contributed by atoms with Gasteiger partial charge in [0.1, 0.15) is 67.0 Å². The largest absolute Gasteiger partial charge is 0.488 e. The zero-order valence-electron chi connectivity index (χ0n) is 50.3. The lowest BCUT2D eigenvalue weighted by atomic mass is 9.80. The highest BCUT2D eigenvalue weighted by molar-refractivity contribution is 9.11. The molecule has 450 valence electrons. The average Bonchev–Trinajstić information content (AvgIpc) is 1.61. The number of fused-ring (bicyclic) bond motifs is 18. The molecular formula is C84H49BBr2O8. The van der Waals surface area contributed by atoms with Gasteiger partial charge in [0.25, 0.3) is 0 Å². The summed E-state index contributed by atoms with van der Waals surface area (Å²) in [6.07, 6.45) is 0. The Morgan fingerprint density at radius 1 is 0.189 bits per heavy atom. The molecule has 8 nitrogen and oxygen atoms in total. The van der Waals surface area contributed by atoms with E-state index in [9.17, 15) is 10.0 Å². The number of hydrogen-bond donors (Lipinski definition) is 2. The normalized spacial score (nSPS) is 11.8. The standard InChI is InChI=1S/C54H30O4.C24H15BO4.C6H4Br2/c1-3-8-31(9-4-1)35-14-18-47-39(23-35)43-27-53-45(29-51(43)55-47)41-25-37(16-20-49(41)57-53)33-12-7-13-34(22-33)38-17-21-50-42(26-38)46-30-52-44(28-54(46)58-50)40-24-36(15-19-48(40)56-52)32-10-5-2-6-11-32;26-25(27)16-7-9-22-18(11-16)20-13-23-19(12-24(20)29-22)17-10-15(6-8-21(17)28-23)14-4-2-1-3-5-14;7-5-2-1-3-6(8)4-5/h1-30H;1-13,26-27H;1-4H. The van der Waals surface area contributed by atoms with Crippen molar-refractivity contribution in [2.24, 2.45) is 0 Å². The maximum atomic E-state index is 9.49. The Labute approximate surface area is 558 Å². The lowest BCUT2D eigenvalue weighted by molar-refractivity contribution is 0.426. The summed E-state index contributed by atoms with van der Waals surface area (Å²) >= 11 is 6.66. The number of halogens is 2. The van der Waals surface area contributed by atoms with Crippen LogP contribution in [0, 0.1) is 0 Å². The molecule has 0 aliphatic carbocycles. The van der Waals surface area contributed by atoms with E-state index in [0.29, 0.717) is 11.0 Å². The first-order valence-electron chi connectivity index (χ1n) is 31.1. The van der Waals surface area contributed by atoms with Crippen molar-refractivity contribution >= 4 is 176 Å². The van der Waals surface area contributed by atoms with Gasteiger partial charge in [0.05, 0.1) is 0 Å². The van der Waals surface area contributed by atoms with Gasteiger partial charge in [0, 0.05) is 73.6 Å². The molecular weight excluding hydrogens is 1310 g/mol. The molecule has 0 atom stereocenters. The molecule has 0 aliphatic heterocycles. The molecule has 0 saturated carbocycles. The van der Waals surface area contributed by atoms with Gasteiger partial charge in [0.2, 0.25) is 0 Å². The molecule has 14 aromatic carbocycles. The summed E-state index contributed by atoms with van der Waals surface area (Å²) in [6, 6.07) is 97.4. The second-order valence-corrected chi connectivity index (χ2v) is 25.8. The summed E-state index contributed by atoms with van der Waals surface area (Å²) < 4.78 is 40.1. The van der Waals surface area contributed by atoms with Gasteiger partial charge < -0.3 is 36.6 Å². The van der Waals surface area contributed by atoms with Crippen LogP contribution in [0.1, 0.15) is 0 Å². The predicted molar refractivity (Wildman–Crippen MR) is 395 cm³/mol. The van der Waals surface area contributed by atoms with Crippen LogP contribution in [0.5, 0.6) is 0 Å². The Morgan fingerprint density at radius 2 is 0.421 bits per heavy atom. The zero-order valence-corrected chi connectivity index (χ0v) is 53.5. The fourth-order valence-electron chi connectivity index (χ4n) is 13.4. The molecule has 20 rings (SSSR count). The van der Waals surface area contributed by atoms with Crippen LogP contribution in [-0.4, -0.2) is 17.2 Å². The van der Waals surface area contributed by atoms with Gasteiger partial charge in [-0.1, -0.05) is 190 Å². The Bertz CT molecular complexity index is 6150. The van der Waals surface area contributed by atoms with Crippen molar-refractivity contribution in [3.05, 3.63) is 294 Å². The molecule has 20 aromatic rings. The van der Waals surface area contributed by atoms with Crippen LogP contribution in [0.3, 0.4) is 0 Å². The van der Waals surface area contributed by atoms with Crippen LogP contribution in [0.2, 0.25) is 0 Å². The fraction of sp³-hybridized carbons (Fsp3) is 0. The SMILES string of the molecule is Brc1cccc(Br)c1.OB(O)c1ccc2oc3cc4c(cc3c2c1)oc1ccc(-c2ccccc2)cc14.c1ccc(-c2ccc3oc4cc5c(cc4c3c2)oc2ccc(-c3cccc(-c4ccc6oc7cc8c(cc7c6c4)oc4ccc(-c6ccccc6)cc48)c3)cc25)cc1. The Hall–Kier alpha value is -11.2. The van der Waals surface area contributed by atoms with Crippen LogP contribution in [0.25, 0.3) is 187 Å². The molecule has 0 aliphatic rings. The second-order valence-electron chi connectivity index (χ2n) is 23.9. The topological polar surface area (TPSA) is 119 Å². The first-order chi connectivity index (χ1) is 46.6. The number of benzene rings is 14. The van der Waals surface area contributed by atoms with E-state index < -0.39 is 7.12 Å². The van der Waals surface area contributed by atoms with E-state index in [2.05, 4.69) is 226 Å². The molecule has 0 spiro atoms. The van der Waals surface area contributed by atoms with Gasteiger partial charge >= 0.3 is 7.12 Å². The molecule has 2 N–H and O–H groups in total. The van der Waals surface area contributed by atoms with Crippen LogP contribution in [0.4, 0.5) is 0 Å². The molecule has 0 bridgehead atoms. The third-order valence-electron chi connectivity index (χ3n) is 18.1. The first kappa shape index (κ1) is 56.6. The van der Waals surface area contributed by atoms with Crippen LogP contribution < -0.4 is 5.46 Å². The van der Waals surface area contributed by atoms with Crippen LogP contribution in [0.15, 0.2) is 321 Å². The molecule has 0 unspecified atom stereocenters. The van der Waals surface area contributed by atoms with Gasteiger partial charge in [-0.05, 0) is 188 Å². The summed E-state index contributed by atoms with van der Waals surface area (Å²) in [5.74, 6) is 0. The highest BCUT2D eigenvalue weighted by Crippen LogP contribution is 2.44. The maximum Gasteiger partial charge on any atom is 0.488 e.